The molecule has 1 saturated heterocycles. The largest absolute Gasteiger partial charge is 0.379 e. The molecule has 4 amide bonds. The van der Waals surface area contributed by atoms with Crippen LogP contribution in [-0.4, -0.2) is 137 Å². The van der Waals surface area contributed by atoms with Crippen molar-refractivity contribution in [2.75, 3.05) is 62.0 Å². The van der Waals surface area contributed by atoms with E-state index >= 15 is 0 Å². The van der Waals surface area contributed by atoms with Gasteiger partial charge in [0.05, 0.1) is 42.7 Å². The quantitative estimate of drug-likeness (QED) is 0.170. The minimum absolute atomic E-state index is 0.0165. The first-order valence-electron chi connectivity index (χ1n) is 17.1. The van der Waals surface area contributed by atoms with E-state index < -0.39 is 30.2 Å². The zero-order valence-electron chi connectivity index (χ0n) is 31.0. The lowest BCUT2D eigenvalue weighted by molar-refractivity contribution is -0.148. The Bertz CT molecular complexity index is 954. The third-order valence-electron chi connectivity index (χ3n) is 9.62. The van der Waals surface area contributed by atoms with Gasteiger partial charge in [0.2, 0.25) is 23.6 Å². The monoisotopic (exact) mass is 655 g/mol. The molecular formula is C34H66N6O6. The number of likely N-dealkylation sites (tertiary alicyclic amines) is 1. The molecule has 1 unspecified atom stereocenters. The van der Waals surface area contributed by atoms with E-state index in [0.717, 1.165) is 19.3 Å². The minimum atomic E-state index is -0.732. The van der Waals surface area contributed by atoms with E-state index in [0.29, 0.717) is 19.6 Å². The van der Waals surface area contributed by atoms with Gasteiger partial charge in [0, 0.05) is 40.9 Å². The maximum Gasteiger partial charge on any atom is 0.245 e. The minimum Gasteiger partial charge on any atom is -0.379 e. The summed E-state index contributed by atoms with van der Waals surface area (Å²) in [6.45, 7) is 15.5. The van der Waals surface area contributed by atoms with Gasteiger partial charge in [-0.25, -0.2) is 0 Å². The standard InChI is InChI=1S/C34H66N6O6/c1-14-23(6)30(39(11)34(44)28(21(2)3)37-33(43)29(22(4)5)38(9)10)26(45-12)20-27(41)40-19-15-16-25(40)31(46-13)24(7)32(42)36-18-17-35-8/h21-26,28-31,35H,14-20H2,1-13H3,(H,36,42)(H,37,43)/t23-,24+,25-,26+,28?,29-,30-,31-/m0/s1. The molecule has 46 heavy (non-hydrogen) atoms. The molecule has 1 fully saturated rings. The van der Waals surface area contributed by atoms with Crippen molar-refractivity contribution in [2.24, 2.45) is 23.7 Å². The molecular weight excluding hydrogens is 588 g/mol. The second-order valence-electron chi connectivity index (χ2n) is 13.9. The number of hydrogen-bond donors (Lipinski definition) is 3. The molecule has 0 aliphatic carbocycles. The summed E-state index contributed by atoms with van der Waals surface area (Å²) in [6, 6.07) is -1.76. The predicted octanol–water partition coefficient (Wildman–Crippen LogP) is 1.97. The van der Waals surface area contributed by atoms with Gasteiger partial charge in [-0.3, -0.25) is 24.1 Å². The SMILES string of the molecule is CC[C@H](C)[C@@H]([C@@H](CC(=O)N1CCC[C@H]1[C@@H](OC)[C@@H](C)C(=O)NCCNC)OC)N(C)C(=O)C(NC(=O)[C@H](C(C)C)N(C)C)C(C)C. The van der Waals surface area contributed by atoms with Crippen LogP contribution in [0.1, 0.15) is 74.1 Å². The van der Waals surface area contributed by atoms with Crippen LogP contribution in [0.15, 0.2) is 0 Å². The highest BCUT2D eigenvalue weighted by Gasteiger charge is 2.43. The van der Waals surface area contributed by atoms with Gasteiger partial charge >= 0.3 is 0 Å². The Morgan fingerprint density at radius 2 is 1.54 bits per heavy atom. The lowest BCUT2D eigenvalue weighted by Gasteiger charge is -2.41. The van der Waals surface area contributed by atoms with Gasteiger partial charge in [-0.15, -0.1) is 0 Å². The topological polar surface area (TPSA) is 133 Å². The second kappa shape index (κ2) is 20.2. The summed E-state index contributed by atoms with van der Waals surface area (Å²) in [6.07, 6.45) is 1.37. The molecule has 0 saturated carbocycles. The number of nitrogens with zero attached hydrogens (tertiary/aromatic N) is 3. The van der Waals surface area contributed by atoms with E-state index in [-0.39, 0.29) is 59.9 Å². The molecule has 8 atom stereocenters. The number of nitrogens with one attached hydrogen (secondary N) is 3. The van der Waals surface area contributed by atoms with Crippen LogP contribution in [0.2, 0.25) is 0 Å². The van der Waals surface area contributed by atoms with Gasteiger partial charge in [-0.1, -0.05) is 54.9 Å². The van der Waals surface area contributed by atoms with Crippen LogP contribution in [-0.2, 0) is 28.7 Å². The molecule has 12 heteroatoms. The zero-order valence-corrected chi connectivity index (χ0v) is 31.0. The van der Waals surface area contributed by atoms with Crippen molar-refractivity contribution in [3.63, 3.8) is 0 Å². The average molecular weight is 655 g/mol. The number of carbonyl (C=O) groups is 4. The van der Waals surface area contributed by atoms with Crippen LogP contribution in [0.4, 0.5) is 0 Å². The molecule has 268 valence electrons. The van der Waals surface area contributed by atoms with Crippen LogP contribution in [0.3, 0.4) is 0 Å². The van der Waals surface area contributed by atoms with Crippen LogP contribution in [0, 0.1) is 23.7 Å². The van der Waals surface area contributed by atoms with Crippen LogP contribution in [0.25, 0.3) is 0 Å². The van der Waals surface area contributed by atoms with Gasteiger partial charge in [0.15, 0.2) is 0 Å². The molecule has 0 radical (unpaired) electrons. The Hall–Kier alpha value is -2.28. The molecule has 1 rings (SSSR count). The number of rotatable bonds is 20. The third-order valence-corrected chi connectivity index (χ3v) is 9.62. The van der Waals surface area contributed by atoms with Gasteiger partial charge in [-0.05, 0) is 51.7 Å². The first-order chi connectivity index (χ1) is 21.6. The molecule has 1 aliphatic heterocycles. The lowest BCUT2D eigenvalue weighted by Crippen LogP contribution is -2.59. The first kappa shape index (κ1) is 41.7. The number of carbonyl (C=O) groups excluding carboxylic acids is 4. The maximum atomic E-state index is 14.1. The summed E-state index contributed by atoms with van der Waals surface area (Å²) < 4.78 is 11.8. The Kier molecular flexibility index (Phi) is 18.3. The zero-order chi connectivity index (χ0) is 35.3. The fraction of sp³-hybridized carbons (Fsp3) is 0.882. The van der Waals surface area contributed by atoms with Gasteiger partial charge < -0.3 is 35.2 Å². The number of likely N-dealkylation sites (N-methyl/N-ethyl adjacent to an activating group) is 3. The first-order valence-corrected chi connectivity index (χ1v) is 17.1. The molecule has 1 heterocycles. The average Bonchev–Trinajstić information content (AvgIpc) is 3.48. The van der Waals surface area contributed by atoms with Crippen LogP contribution < -0.4 is 16.0 Å². The second-order valence-corrected chi connectivity index (χ2v) is 13.9. The molecule has 0 spiro atoms. The Balaban J connectivity index is 3.23. The van der Waals surface area contributed by atoms with Gasteiger partial charge in [0.25, 0.3) is 0 Å². The highest BCUT2D eigenvalue weighted by Crippen LogP contribution is 2.29. The fourth-order valence-corrected chi connectivity index (χ4v) is 6.88. The summed E-state index contributed by atoms with van der Waals surface area (Å²) in [4.78, 5) is 59.7. The molecule has 0 bridgehead atoms. The Morgan fingerprint density at radius 3 is 2.02 bits per heavy atom. The van der Waals surface area contributed by atoms with Crippen molar-refractivity contribution in [1.82, 2.24) is 30.7 Å². The molecule has 0 aromatic rings. The molecule has 12 nitrogen and oxygen atoms in total. The summed E-state index contributed by atoms with van der Waals surface area (Å²) in [7, 11) is 10.5. The van der Waals surface area contributed by atoms with E-state index in [2.05, 4.69) is 29.8 Å². The Labute approximate surface area is 279 Å². The third kappa shape index (κ3) is 11.2. The highest BCUT2D eigenvalue weighted by atomic mass is 16.5. The van der Waals surface area contributed by atoms with E-state index in [1.807, 2.05) is 65.6 Å². The van der Waals surface area contributed by atoms with E-state index in [4.69, 9.17) is 9.47 Å². The molecule has 0 aromatic heterocycles. The van der Waals surface area contributed by atoms with E-state index in [9.17, 15) is 19.2 Å². The molecule has 3 N–H and O–H groups in total. The summed E-state index contributed by atoms with van der Waals surface area (Å²) in [5, 5.41) is 8.99. The number of ether oxygens (including phenoxy) is 2. The van der Waals surface area contributed by atoms with Crippen molar-refractivity contribution in [1.29, 1.82) is 0 Å². The van der Waals surface area contributed by atoms with Crippen molar-refractivity contribution in [2.45, 2.75) is 111 Å². The van der Waals surface area contributed by atoms with Crippen LogP contribution >= 0.6 is 0 Å². The van der Waals surface area contributed by atoms with Crippen LogP contribution in [0.5, 0.6) is 0 Å². The number of methoxy groups -OCH3 is 2. The van der Waals surface area contributed by atoms with Crippen molar-refractivity contribution in [3.8, 4) is 0 Å². The Morgan fingerprint density at radius 1 is 0.913 bits per heavy atom. The summed E-state index contributed by atoms with van der Waals surface area (Å²) in [5.74, 6) is -1.10. The maximum absolute atomic E-state index is 14.1. The van der Waals surface area contributed by atoms with Gasteiger partial charge in [0.1, 0.15) is 6.04 Å². The van der Waals surface area contributed by atoms with Gasteiger partial charge in [-0.2, -0.15) is 0 Å². The summed E-state index contributed by atoms with van der Waals surface area (Å²) in [5.41, 5.74) is 0. The van der Waals surface area contributed by atoms with Crippen molar-refractivity contribution < 1.29 is 28.7 Å². The smallest absolute Gasteiger partial charge is 0.245 e. The van der Waals surface area contributed by atoms with Crippen molar-refractivity contribution >= 4 is 23.6 Å². The van der Waals surface area contributed by atoms with E-state index in [1.54, 1.807) is 26.2 Å². The predicted molar refractivity (Wildman–Crippen MR) is 182 cm³/mol. The normalized spacial score (nSPS) is 19.8. The highest BCUT2D eigenvalue weighted by molar-refractivity contribution is 5.90. The molecule has 0 aromatic carbocycles. The van der Waals surface area contributed by atoms with E-state index in [1.165, 1.54) is 0 Å². The van der Waals surface area contributed by atoms with Crippen molar-refractivity contribution in [3.05, 3.63) is 0 Å². The summed E-state index contributed by atoms with van der Waals surface area (Å²) >= 11 is 0. The fourth-order valence-electron chi connectivity index (χ4n) is 6.88. The number of amides is 4. The number of hydrogen-bond acceptors (Lipinski definition) is 8. The lowest BCUT2D eigenvalue weighted by atomic mass is 9.89. The molecule has 1 aliphatic rings.